The lowest BCUT2D eigenvalue weighted by Gasteiger charge is -2.20. The standard InChI is InChI=1S/C9H14N4/c10-7-3-4-8-11-12-9(6-1-2-6)13(8)5-7/h6-7H,1-5,10H2/t7-/m1/s1. The summed E-state index contributed by atoms with van der Waals surface area (Å²) in [5.74, 6) is 3.01. The highest BCUT2D eigenvalue weighted by molar-refractivity contribution is 5.10. The molecule has 0 saturated heterocycles. The van der Waals surface area contributed by atoms with Gasteiger partial charge < -0.3 is 10.3 Å². The molecule has 0 amide bonds. The maximum atomic E-state index is 5.92. The van der Waals surface area contributed by atoms with Gasteiger partial charge in [-0.15, -0.1) is 10.2 Å². The first-order valence-electron chi connectivity index (χ1n) is 5.02. The highest BCUT2D eigenvalue weighted by atomic mass is 15.3. The van der Waals surface area contributed by atoms with Crippen LogP contribution in [0.2, 0.25) is 0 Å². The number of hydrogen-bond donors (Lipinski definition) is 1. The molecule has 2 heterocycles. The van der Waals surface area contributed by atoms with Gasteiger partial charge >= 0.3 is 0 Å². The molecule has 0 unspecified atom stereocenters. The fourth-order valence-corrected chi connectivity index (χ4v) is 2.02. The maximum Gasteiger partial charge on any atom is 0.136 e. The van der Waals surface area contributed by atoms with E-state index in [0.29, 0.717) is 12.0 Å². The minimum Gasteiger partial charge on any atom is -0.326 e. The van der Waals surface area contributed by atoms with E-state index in [1.165, 1.54) is 18.7 Å². The van der Waals surface area contributed by atoms with Crippen LogP contribution in [0.4, 0.5) is 0 Å². The summed E-state index contributed by atoms with van der Waals surface area (Å²) in [5.41, 5.74) is 5.92. The van der Waals surface area contributed by atoms with Crippen molar-refractivity contribution in [3.05, 3.63) is 11.6 Å². The highest BCUT2D eigenvalue weighted by Gasteiger charge is 2.31. The molecule has 4 nitrogen and oxygen atoms in total. The van der Waals surface area contributed by atoms with Crippen molar-refractivity contribution in [2.45, 2.75) is 44.2 Å². The molecule has 1 fully saturated rings. The molecular formula is C9H14N4. The molecule has 2 N–H and O–H groups in total. The average molecular weight is 178 g/mol. The van der Waals surface area contributed by atoms with Crippen molar-refractivity contribution < 1.29 is 0 Å². The first-order chi connectivity index (χ1) is 6.34. The molecule has 70 valence electrons. The smallest absolute Gasteiger partial charge is 0.136 e. The Bertz CT molecular complexity index is 326. The van der Waals surface area contributed by atoms with Crippen LogP contribution in [0.1, 0.15) is 36.8 Å². The molecule has 1 aliphatic heterocycles. The summed E-state index contributed by atoms with van der Waals surface area (Å²) in [5, 5.41) is 8.46. The Morgan fingerprint density at radius 2 is 2.08 bits per heavy atom. The molecule has 0 radical (unpaired) electrons. The maximum absolute atomic E-state index is 5.92. The van der Waals surface area contributed by atoms with Crippen LogP contribution in [-0.2, 0) is 13.0 Å². The van der Waals surface area contributed by atoms with Gasteiger partial charge in [-0.1, -0.05) is 0 Å². The molecule has 4 heteroatoms. The summed E-state index contributed by atoms with van der Waals surface area (Å²) in [6, 6.07) is 0.306. The molecule has 0 spiro atoms. The lowest BCUT2D eigenvalue weighted by atomic mass is 10.1. The number of nitrogens with two attached hydrogens (primary N) is 1. The van der Waals surface area contributed by atoms with Crippen LogP contribution in [0.3, 0.4) is 0 Å². The van der Waals surface area contributed by atoms with Gasteiger partial charge in [0.15, 0.2) is 0 Å². The van der Waals surface area contributed by atoms with Crippen LogP contribution >= 0.6 is 0 Å². The third-order valence-corrected chi connectivity index (χ3v) is 2.95. The first-order valence-corrected chi connectivity index (χ1v) is 5.02. The largest absolute Gasteiger partial charge is 0.326 e. The number of nitrogens with zero attached hydrogens (tertiary/aromatic N) is 3. The Labute approximate surface area is 77.1 Å². The van der Waals surface area contributed by atoms with Gasteiger partial charge in [-0.05, 0) is 19.3 Å². The fourth-order valence-electron chi connectivity index (χ4n) is 2.02. The van der Waals surface area contributed by atoms with Crippen LogP contribution < -0.4 is 5.73 Å². The third-order valence-electron chi connectivity index (χ3n) is 2.95. The number of aromatic nitrogens is 3. The number of rotatable bonds is 1. The van der Waals surface area contributed by atoms with Crippen LogP contribution in [0.5, 0.6) is 0 Å². The fraction of sp³-hybridized carbons (Fsp3) is 0.778. The molecule has 1 aromatic heterocycles. The van der Waals surface area contributed by atoms with E-state index in [1.807, 2.05) is 0 Å². The Kier molecular flexibility index (Phi) is 1.47. The number of hydrogen-bond acceptors (Lipinski definition) is 3. The van der Waals surface area contributed by atoms with Gasteiger partial charge in [0, 0.05) is 24.9 Å². The van der Waals surface area contributed by atoms with Crippen molar-refractivity contribution in [1.82, 2.24) is 14.8 Å². The lowest BCUT2D eigenvalue weighted by Crippen LogP contribution is -2.32. The Morgan fingerprint density at radius 1 is 1.23 bits per heavy atom. The quantitative estimate of drug-likeness (QED) is 0.678. The van der Waals surface area contributed by atoms with Crippen LogP contribution in [-0.4, -0.2) is 20.8 Å². The normalized spacial score (nSPS) is 27.3. The molecule has 1 aromatic rings. The molecule has 0 aromatic carbocycles. The van der Waals surface area contributed by atoms with Gasteiger partial charge in [-0.2, -0.15) is 0 Å². The monoisotopic (exact) mass is 178 g/mol. The van der Waals surface area contributed by atoms with Gasteiger partial charge in [-0.25, -0.2) is 0 Å². The molecule has 2 aliphatic rings. The van der Waals surface area contributed by atoms with E-state index in [2.05, 4.69) is 14.8 Å². The van der Waals surface area contributed by atoms with Crippen molar-refractivity contribution in [2.24, 2.45) is 5.73 Å². The second-order valence-corrected chi connectivity index (χ2v) is 4.16. The summed E-state index contributed by atoms with van der Waals surface area (Å²) in [7, 11) is 0. The lowest BCUT2D eigenvalue weighted by molar-refractivity contribution is 0.443. The molecule has 1 saturated carbocycles. The molecule has 0 bridgehead atoms. The summed E-state index contributed by atoms with van der Waals surface area (Å²) in [6.07, 6.45) is 4.63. The Balaban J connectivity index is 1.99. The topological polar surface area (TPSA) is 56.7 Å². The zero-order chi connectivity index (χ0) is 8.84. The molecule has 3 rings (SSSR count). The van der Waals surface area contributed by atoms with E-state index in [0.717, 1.165) is 25.2 Å². The summed E-state index contributed by atoms with van der Waals surface area (Å²) >= 11 is 0. The molecule has 13 heavy (non-hydrogen) atoms. The average Bonchev–Trinajstić information content (AvgIpc) is 2.87. The van der Waals surface area contributed by atoms with Gasteiger partial charge in [0.1, 0.15) is 11.6 Å². The highest BCUT2D eigenvalue weighted by Crippen LogP contribution is 2.39. The summed E-state index contributed by atoms with van der Waals surface area (Å²) < 4.78 is 2.24. The minimum atomic E-state index is 0.306. The van der Waals surface area contributed by atoms with Crippen molar-refractivity contribution in [2.75, 3.05) is 0 Å². The van der Waals surface area contributed by atoms with Crippen molar-refractivity contribution in [1.29, 1.82) is 0 Å². The summed E-state index contributed by atoms with van der Waals surface area (Å²) in [4.78, 5) is 0. The predicted molar refractivity (Wildman–Crippen MR) is 48.3 cm³/mol. The summed E-state index contributed by atoms with van der Waals surface area (Å²) in [6.45, 7) is 0.925. The SMILES string of the molecule is N[C@@H]1CCc2nnc(C3CC3)n2C1. The zero-order valence-electron chi connectivity index (χ0n) is 7.61. The van der Waals surface area contributed by atoms with E-state index < -0.39 is 0 Å². The molecule has 1 aliphatic carbocycles. The van der Waals surface area contributed by atoms with Crippen LogP contribution in [0.15, 0.2) is 0 Å². The predicted octanol–water partition coefficient (Wildman–Crippen LogP) is 0.429. The van der Waals surface area contributed by atoms with Crippen molar-refractivity contribution in [3.8, 4) is 0 Å². The van der Waals surface area contributed by atoms with E-state index in [-0.39, 0.29) is 0 Å². The zero-order valence-corrected chi connectivity index (χ0v) is 7.61. The van der Waals surface area contributed by atoms with E-state index in [9.17, 15) is 0 Å². The van der Waals surface area contributed by atoms with E-state index in [4.69, 9.17) is 5.73 Å². The first kappa shape index (κ1) is 7.50. The van der Waals surface area contributed by atoms with E-state index >= 15 is 0 Å². The molecular weight excluding hydrogens is 164 g/mol. The molecule has 1 atom stereocenters. The van der Waals surface area contributed by atoms with Crippen LogP contribution in [0, 0.1) is 0 Å². The Hall–Kier alpha value is -0.900. The van der Waals surface area contributed by atoms with Gasteiger partial charge in [0.2, 0.25) is 0 Å². The second kappa shape index (κ2) is 2.54. The Morgan fingerprint density at radius 3 is 2.85 bits per heavy atom. The van der Waals surface area contributed by atoms with Gasteiger partial charge in [0.25, 0.3) is 0 Å². The number of aryl methyl sites for hydroxylation is 1. The van der Waals surface area contributed by atoms with Crippen LogP contribution in [0.25, 0.3) is 0 Å². The second-order valence-electron chi connectivity index (χ2n) is 4.16. The number of fused-ring (bicyclic) bond motifs is 1. The minimum absolute atomic E-state index is 0.306. The van der Waals surface area contributed by atoms with Crippen molar-refractivity contribution >= 4 is 0 Å². The van der Waals surface area contributed by atoms with Crippen molar-refractivity contribution in [3.63, 3.8) is 0 Å². The van der Waals surface area contributed by atoms with Gasteiger partial charge in [-0.3, -0.25) is 0 Å². The van der Waals surface area contributed by atoms with E-state index in [1.54, 1.807) is 0 Å². The third kappa shape index (κ3) is 1.16. The van der Waals surface area contributed by atoms with Gasteiger partial charge in [0.05, 0.1) is 0 Å².